The molecule has 0 aliphatic rings. The largest absolute Gasteiger partial charge is 0.468 e. The Kier molecular flexibility index (Phi) is 4.81. The number of halogens is 2. The van der Waals surface area contributed by atoms with E-state index >= 15 is 0 Å². The van der Waals surface area contributed by atoms with Crippen LogP contribution in [0.3, 0.4) is 0 Å². The Morgan fingerprint density at radius 3 is 2.80 bits per heavy atom. The molecule has 0 saturated heterocycles. The minimum absolute atomic E-state index is 0.0646. The molecule has 1 aromatic heterocycles. The zero-order chi connectivity index (χ0) is 14.5. The Morgan fingerprint density at radius 2 is 2.20 bits per heavy atom. The topological polar surface area (TPSA) is 38.3 Å². The lowest BCUT2D eigenvalue weighted by atomic mass is 10.1. The SMILES string of the molecule is COC(=O)C(NCc1cccs1)c1ccc(F)cc1F. The number of hydrogen-bond donors (Lipinski definition) is 1. The smallest absolute Gasteiger partial charge is 0.327 e. The van der Waals surface area contributed by atoms with Crippen LogP contribution >= 0.6 is 11.3 Å². The highest BCUT2D eigenvalue weighted by molar-refractivity contribution is 7.09. The van der Waals surface area contributed by atoms with Gasteiger partial charge in [0.1, 0.15) is 17.7 Å². The van der Waals surface area contributed by atoms with Crippen LogP contribution in [0.25, 0.3) is 0 Å². The van der Waals surface area contributed by atoms with E-state index in [0.29, 0.717) is 6.54 Å². The molecule has 3 nitrogen and oxygen atoms in total. The molecule has 1 aromatic carbocycles. The molecule has 2 rings (SSSR count). The van der Waals surface area contributed by atoms with Crippen LogP contribution in [-0.4, -0.2) is 13.1 Å². The summed E-state index contributed by atoms with van der Waals surface area (Å²) in [7, 11) is 1.23. The first-order chi connectivity index (χ1) is 9.61. The van der Waals surface area contributed by atoms with Crippen LogP contribution < -0.4 is 5.32 Å². The van der Waals surface area contributed by atoms with Crippen molar-refractivity contribution in [3.05, 3.63) is 57.8 Å². The fourth-order valence-electron chi connectivity index (χ4n) is 1.79. The van der Waals surface area contributed by atoms with E-state index in [9.17, 15) is 13.6 Å². The van der Waals surface area contributed by atoms with Gasteiger partial charge in [-0.3, -0.25) is 5.32 Å². The van der Waals surface area contributed by atoms with Gasteiger partial charge in [-0.15, -0.1) is 11.3 Å². The van der Waals surface area contributed by atoms with Crippen LogP contribution in [0.15, 0.2) is 35.7 Å². The number of carbonyl (C=O) groups is 1. The number of methoxy groups -OCH3 is 1. The molecule has 0 aliphatic heterocycles. The number of ether oxygens (including phenoxy) is 1. The van der Waals surface area contributed by atoms with Gasteiger partial charge in [-0.1, -0.05) is 12.1 Å². The van der Waals surface area contributed by atoms with Crippen molar-refractivity contribution in [1.29, 1.82) is 0 Å². The lowest BCUT2D eigenvalue weighted by Gasteiger charge is -2.17. The van der Waals surface area contributed by atoms with Crippen molar-refractivity contribution in [2.24, 2.45) is 0 Å². The second-order valence-electron chi connectivity index (χ2n) is 4.08. The number of nitrogens with one attached hydrogen (secondary N) is 1. The molecule has 0 amide bonds. The van der Waals surface area contributed by atoms with E-state index in [4.69, 9.17) is 0 Å². The highest BCUT2D eigenvalue weighted by atomic mass is 32.1. The summed E-state index contributed by atoms with van der Waals surface area (Å²) >= 11 is 1.52. The summed E-state index contributed by atoms with van der Waals surface area (Å²) in [6.07, 6.45) is 0. The minimum atomic E-state index is -0.970. The van der Waals surface area contributed by atoms with Crippen molar-refractivity contribution in [2.45, 2.75) is 12.6 Å². The highest BCUT2D eigenvalue weighted by Crippen LogP contribution is 2.20. The lowest BCUT2D eigenvalue weighted by molar-refractivity contribution is -0.143. The summed E-state index contributed by atoms with van der Waals surface area (Å²) < 4.78 is 31.4. The van der Waals surface area contributed by atoms with Crippen LogP contribution in [0.2, 0.25) is 0 Å². The molecule has 0 bridgehead atoms. The predicted octanol–water partition coefficient (Wildman–Crippen LogP) is 3.03. The Hall–Kier alpha value is -1.79. The molecule has 1 unspecified atom stereocenters. The summed E-state index contributed by atoms with van der Waals surface area (Å²) in [5, 5.41) is 4.83. The molecular formula is C14H13F2NO2S. The molecule has 106 valence electrons. The number of benzene rings is 1. The maximum absolute atomic E-state index is 13.8. The highest BCUT2D eigenvalue weighted by Gasteiger charge is 2.24. The van der Waals surface area contributed by atoms with E-state index in [1.54, 1.807) is 0 Å². The Morgan fingerprint density at radius 1 is 1.40 bits per heavy atom. The lowest BCUT2D eigenvalue weighted by Crippen LogP contribution is -2.29. The molecule has 2 aromatic rings. The first-order valence-corrected chi connectivity index (χ1v) is 6.78. The van der Waals surface area contributed by atoms with Crippen molar-refractivity contribution >= 4 is 17.3 Å². The molecule has 0 spiro atoms. The van der Waals surface area contributed by atoms with Crippen molar-refractivity contribution in [2.75, 3.05) is 7.11 Å². The Bertz CT molecular complexity index is 587. The van der Waals surface area contributed by atoms with E-state index in [1.807, 2.05) is 17.5 Å². The molecule has 20 heavy (non-hydrogen) atoms. The molecular weight excluding hydrogens is 284 g/mol. The average molecular weight is 297 g/mol. The zero-order valence-corrected chi connectivity index (χ0v) is 11.5. The number of rotatable bonds is 5. The molecule has 0 aliphatic carbocycles. The van der Waals surface area contributed by atoms with E-state index in [1.165, 1.54) is 24.5 Å². The van der Waals surface area contributed by atoms with Crippen molar-refractivity contribution in [3.63, 3.8) is 0 Å². The van der Waals surface area contributed by atoms with Crippen LogP contribution in [0.4, 0.5) is 8.78 Å². The first kappa shape index (κ1) is 14.6. The van der Waals surface area contributed by atoms with E-state index in [2.05, 4.69) is 10.1 Å². The van der Waals surface area contributed by atoms with Crippen molar-refractivity contribution in [3.8, 4) is 0 Å². The number of thiophene rings is 1. The summed E-state index contributed by atoms with van der Waals surface area (Å²) in [6, 6.07) is 5.91. The molecule has 1 heterocycles. The fraction of sp³-hybridized carbons (Fsp3) is 0.214. The van der Waals surface area contributed by atoms with Gasteiger partial charge in [-0.05, 0) is 17.5 Å². The quantitative estimate of drug-likeness (QED) is 0.862. The van der Waals surface area contributed by atoms with E-state index in [0.717, 1.165) is 17.0 Å². The van der Waals surface area contributed by atoms with Gasteiger partial charge in [-0.25, -0.2) is 13.6 Å². The van der Waals surface area contributed by atoms with Gasteiger partial charge in [0.15, 0.2) is 0 Å². The maximum atomic E-state index is 13.8. The van der Waals surface area contributed by atoms with E-state index in [-0.39, 0.29) is 5.56 Å². The molecule has 1 atom stereocenters. The van der Waals surface area contributed by atoms with Gasteiger partial charge in [0, 0.05) is 23.1 Å². The van der Waals surface area contributed by atoms with Crippen molar-refractivity contribution < 1.29 is 18.3 Å². The number of hydrogen-bond acceptors (Lipinski definition) is 4. The van der Waals surface area contributed by atoms with Gasteiger partial charge in [0.2, 0.25) is 0 Å². The van der Waals surface area contributed by atoms with Crippen LogP contribution in [-0.2, 0) is 16.1 Å². The van der Waals surface area contributed by atoms with Gasteiger partial charge >= 0.3 is 5.97 Å². The second-order valence-corrected chi connectivity index (χ2v) is 5.11. The third-order valence-corrected chi connectivity index (χ3v) is 3.65. The number of esters is 1. The fourth-order valence-corrected chi connectivity index (χ4v) is 2.45. The normalized spacial score (nSPS) is 12.2. The molecule has 0 fully saturated rings. The monoisotopic (exact) mass is 297 g/mol. The Labute approximate surface area is 119 Å². The Balaban J connectivity index is 2.20. The summed E-state index contributed by atoms with van der Waals surface area (Å²) in [4.78, 5) is 12.8. The summed E-state index contributed by atoms with van der Waals surface area (Å²) in [5.41, 5.74) is 0.0646. The van der Waals surface area contributed by atoms with Crippen molar-refractivity contribution in [1.82, 2.24) is 5.32 Å². The standard InChI is InChI=1S/C14H13F2NO2S/c1-19-14(18)13(17-8-10-3-2-6-20-10)11-5-4-9(15)7-12(11)16/h2-7,13,17H,8H2,1H3. The average Bonchev–Trinajstić information content (AvgIpc) is 2.93. The van der Waals surface area contributed by atoms with Crippen LogP contribution in [0, 0.1) is 11.6 Å². The molecule has 1 N–H and O–H groups in total. The predicted molar refractivity (Wildman–Crippen MR) is 72.3 cm³/mol. The van der Waals surface area contributed by atoms with E-state index < -0.39 is 23.6 Å². The van der Waals surface area contributed by atoms with Gasteiger partial charge in [0.25, 0.3) is 0 Å². The molecule has 0 radical (unpaired) electrons. The third-order valence-electron chi connectivity index (χ3n) is 2.77. The third kappa shape index (κ3) is 3.40. The number of carbonyl (C=O) groups excluding carboxylic acids is 1. The maximum Gasteiger partial charge on any atom is 0.327 e. The first-order valence-electron chi connectivity index (χ1n) is 5.90. The summed E-state index contributed by atoms with van der Waals surface area (Å²) in [5.74, 6) is -2.08. The van der Waals surface area contributed by atoms with Crippen LogP contribution in [0.5, 0.6) is 0 Å². The van der Waals surface area contributed by atoms with Gasteiger partial charge in [-0.2, -0.15) is 0 Å². The van der Waals surface area contributed by atoms with Gasteiger partial charge in [0.05, 0.1) is 7.11 Å². The van der Waals surface area contributed by atoms with Gasteiger partial charge < -0.3 is 4.74 Å². The van der Waals surface area contributed by atoms with Crippen LogP contribution in [0.1, 0.15) is 16.5 Å². The minimum Gasteiger partial charge on any atom is -0.468 e. The zero-order valence-electron chi connectivity index (χ0n) is 10.7. The molecule has 6 heteroatoms. The molecule has 0 saturated carbocycles. The summed E-state index contributed by atoms with van der Waals surface area (Å²) in [6.45, 7) is 0.397. The second kappa shape index (κ2) is 6.58.